The van der Waals surface area contributed by atoms with E-state index < -0.39 is 0 Å². The molecule has 32 heavy (non-hydrogen) atoms. The Hall–Kier alpha value is -2.12. The molecule has 1 aliphatic rings. The Morgan fingerprint density at radius 3 is 2.03 bits per heavy atom. The lowest BCUT2D eigenvalue weighted by Gasteiger charge is -2.33. The van der Waals surface area contributed by atoms with Crippen LogP contribution in [0.25, 0.3) is 31.3 Å². The van der Waals surface area contributed by atoms with Gasteiger partial charge in [-0.1, -0.05) is 108 Å². The summed E-state index contributed by atoms with van der Waals surface area (Å²) in [6.07, 6.45) is 13.3. The van der Waals surface area contributed by atoms with E-state index in [1.165, 1.54) is 95.5 Å². The highest BCUT2D eigenvalue weighted by Gasteiger charge is 2.42. The molecule has 0 saturated heterocycles. The number of fused-ring (bicyclic) bond motifs is 6. The second kappa shape index (κ2) is 9.40. The molecule has 0 atom stereocenters. The zero-order valence-corrected chi connectivity index (χ0v) is 20.6. The van der Waals surface area contributed by atoms with Gasteiger partial charge in [-0.15, -0.1) is 11.3 Å². The summed E-state index contributed by atoms with van der Waals surface area (Å²) >= 11 is 1.95. The molecular weight excluding hydrogens is 404 g/mol. The summed E-state index contributed by atoms with van der Waals surface area (Å²) in [5, 5.41) is 2.89. The van der Waals surface area contributed by atoms with Crippen LogP contribution < -0.4 is 0 Å². The predicted octanol–water partition coefficient (Wildman–Crippen LogP) is 10.3. The molecule has 1 heterocycles. The van der Waals surface area contributed by atoms with E-state index in [1.54, 1.807) is 11.1 Å². The molecule has 0 bridgehead atoms. The minimum Gasteiger partial charge on any atom is -0.135 e. The number of rotatable bonds is 10. The van der Waals surface area contributed by atoms with Gasteiger partial charge in [0, 0.05) is 25.6 Å². The van der Waals surface area contributed by atoms with Crippen molar-refractivity contribution >= 4 is 31.5 Å². The zero-order chi connectivity index (χ0) is 22.0. The maximum atomic E-state index is 2.60. The molecule has 3 aromatic carbocycles. The van der Waals surface area contributed by atoms with E-state index in [0.29, 0.717) is 0 Å². The second-order valence-electron chi connectivity index (χ2n) is 9.74. The monoisotopic (exact) mass is 440 g/mol. The highest BCUT2D eigenvalue weighted by Crippen LogP contribution is 2.56. The van der Waals surface area contributed by atoms with Crippen LogP contribution in [0.2, 0.25) is 0 Å². The largest absolute Gasteiger partial charge is 0.135 e. The first-order valence-electron chi connectivity index (χ1n) is 12.8. The molecule has 0 nitrogen and oxygen atoms in total. The van der Waals surface area contributed by atoms with E-state index in [9.17, 15) is 0 Å². The summed E-state index contributed by atoms with van der Waals surface area (Å²) in [6.45, 7) is 4.64. The van der Waals surface area contributed by atoms with Crippen molar-refractivity contribution in [2.45, 2.75) is 83.5 Å². The molecule has 0 spiro atoms. The van der Waals surface area contributed by atoms with E-state index in [2.05, 4.69) is 74.5 Å². The molecule has 166 valence electrons. The van der Waals surface area contributed by atoms with E-state index in [0.717, 1.165) is 0 Å². The Morgan fingerprint density at radius 1 is 0.594 bits per heavy atom. The number of benzene rings is 3. The van der Waals surface area contributed by atoms with Crippen LogP contribution in [0.5, 0.6) is 0 Å². The number of thiophene rings is 1. The Morgan fingerprint density at radius 2 is 1.28 bits per heavy atom. The molecule has 0 N–H and O–H groups in total. The molecule has 0 amide bonds. The highest BCUT2D eigenvalue weighted by atomic mass is 32.1. The smallest absolute Gasteiger partial charge is 0.0361 e. The zero-order valence-electron chi connectivity index (χ0n) is 19.8. The van der Waals surface area contributed by atoms with Crippen molar-refractivity contribution in [2.24, 2.45) is 0 Å². The van der Waals surface area contributed by atoms with Gasteiger partial charge < -0.3 is 0 Å². The van der Waals surface area contributed by atoms with Gasteiger partial charge in [0.15, 0.2) is 0 Å². The summed E-state index contributed by atoms with van der Waals surface area (Å²) in [5.74, 6) is 0. The third-order valence-electron chi connectivity index (χ3n) is 7.68. The fourth-order valence-corrected chi connectivity index (χ4v) is 7.17. The summed E-state index contributed by atoms with van der Waals surface area (Å²) < 4.78 is 2.85. The van der Waals surface area contributed by atoms with E-state index in [1.807, 2.05) is 11.3 Å². The summed E-state index contributed by atoms with van der Waals surface area (Å²) in [7, 11) is 0. The minimum atomic E-state index is 0.185. The van der Waals surface area contributed by atoms with Crippen molar-refractivity contribution in [3.8, 4) is 11.1 Å². The van der Waals surface area contributed by atoms with Gasteiger partial charge in [-0.05, 0) is 53.3 Å². The minimum absolute atomic E-state index is 0.185. The van der Waals surface area contributed by atoms with Crippen molar-refractivity contribution < 1.29 is 0 Å². The summed E-state index contributed by atoms with van der Waals surface area (Å²) in [5.41, 5.74) is 6.40. The molecule has 0 radical (unpaired) electrons. The second-order valence-corrected chi connectivity index (χ2v) is 10.8. The van der Waals surface area contributed by atoms with Crippen molar-refractivity contribution in [1.29, 1.82) is 0 Å². The number of hydrogen-bond donors (Lipinski definition) is 0. The van der Waals surface area contributed by atoms with Gasteiger partial charge >= 0.3 is 0 Å². The summed E-state index contributed by atoms with van der Waals surface area (Å²) in [6, 6.07) is 23.4. The maximum Gasteiger partial charge on any atom is 0.0361 e. The van der Waals surface area contributed by atoms with Crippen molar-refractivity contribution in [3.05, 3.63) is 71.8 Å². The number of unbranched alkanes of at least 4 members (excludes halogenated alkanes) is 6. The normalized spacial score (nSPS) is 14.2. The van der Waals surface area contributed by atoms with Crippen LogP contribution in [0.4, 0.5) is 0 Å². The third-order valence-corrected chi connectivity index (χ3v) is 8.81. The van der Waals surface area contributed by atoms with E-state index >= 15 is 0 Å². The topological polar surface area (TPSA) is 0 Å². The molecule has 1 aromatic heterocycles. The lowest BCUT2D eigenvalue weighted by Crippen LogP contribution is -2.25. The molecule has 0 aliphatic heterocycles. The van der Waals surface area contributed by atoms with Crippen LogP contribution in [0.15, 0.2) is 60.7 Å². The highest BCUT2D eigenvalue weighted by molar-refractivity contribution is 7.25. The first kappa shape index (κ1) is 21.7. The molecule has 0 saturated carbocycles. The first-order chi connectivity index (χ1) is 15.8. The van der Waals surface area contributed by atoms with Crippen LogP contribution in [0.3, 0.4) is 0 Å². The standard InChI is InChI=1S/C31H36S/c1-3-5-7-13-19-31(20-14-8-6-4-2)27-17-11-9-15-23(27)25-22-30-26(21-28(25)31)24-16-10-12-18-29(24)32-30/h9-12,15-18,21-22H,3-8,13-14,19-20H2,1-2H3. The first-order valence-corrected chi connectivity index (χ1v) is 13.7. The maximum absolute atomic E-state index is 2.60. The quantitative estimate of drug-likeness (QED) is 0.215. The van der Waals surface area contributed by atoms with Crippen molar-refractivity contribution in [3.63, 3.8) is 0 Å². The lowest BCUT2D eigenvalue weighted by atomic mass is 9.70. The van der Waals surface area contributed by atoms with Gasteiger partial charge in [-0.3, -0.25) is 0 Å². The molecule has 0 unspecified atom stereocenters. The average Bonchev–Trinajstić information content (AvgIpc) is 3.32. The van der Waals surface area contributed by atoms with Crippen LogP contribution >= 0.6 is 11.3 Å². The molecule has 1 heteroatoms. The molecule has 0 fully saturated rings. The van der Waals surface area contributed by atoms with Gasteiger partial charge in [-0.25, -0.2) is 0 Å². The molecule has 4 aromatic rings. The SMILES string of the molecule is CCCCCCC1(CCCCCC)c2ccccc2-c2cc3sc4ccccc4c3cc21. The lowest BCUT2D eigenvalue weighted by molar-refractivity contribution is 0.401. The fraction of sp³-hybridized carbons (Fsp3) is 0.419. The van der Waals surface area contributed by atoms with Gasteiger partial charge in [-0.2, -0.15) is 0 Å². The van der Waals surface area contributed by atoms with Crippen LogP contribution in [-0.2, 0) is 5.41 Å². The van der Waals surface area contributed by atoms with Crippen LogP contribution in [0, 0.1) is 0 Å². The fourth-order valence-electron chi connectivity index (χ4n) is 6.04. The van der Waals surface area contributed by atoms with Crippen molar-refractivity contribution in [1.82, 2.24) is 0 Å². The third kappa shape index (κ3) is 3.69. The average molecular weight is 441 g/mol. The van der Waals surface area contributed by atoms with E-state index in [4.69, 9.17) is 0 Å². The predicted molar refractivity (Wildman–Crippen MR) is 143 cm³/mol. The van der Waals surface area contributed by atoms with Gasteiger partial charge in [0.05, 0.1) is 0 Å². The Kier molecular flexibility index (Phi) is 6.37. The van der Waals surface area contributed by atoms with Gasteiger partial charge in [0.25, 0.3) is 0 Å². The molecule has 5 rings (SSSR count). The Balaban J connectivity index is 1.66. The van der Waals surface area contributed by atoms with Crippen LogP contribution in [0.1, 0.15) is 89.2 Å². The molecule has 1 aliphatic carbocycles. The van der Waals surface area contributed by atoms with Gasteiger partial charge in [0.2, 0.25) is 0 Å². The van der Waals surface area contributed by atoms with Gasteiger partial charge in [0.1, 0.15) is 0 Å². The van der Waals surface area contributed by atoms with E-state index in [-0.39, 0.29) is 5.41 Å². The number of hydrogen-bond acceptors (Lipinski definition) is 1. The Bertz CT molecular complexity index is 1200. The van der Waals surface area contributed by atoms with Crippen molar-refractivity contribution in [2.75, 3.05) is 0 Å². The Labute approximate surface area is 197 Å². The summed E-state index contributed by atoms with van der Waals surface area (Å²) in [4.78, 5) is 0. The molecular formula is C31H36S. The van der Waals surface area contributed by atoms with Crippen LogP contribution in [-0.4, -0.2) is 0 Å².